The molecule has 0 amide bonds. The Kier molecular flexibility index (Phi) is 1.47. The fourth-order valence-corrected chi connectivity index (χ4v) is 1.44. The molecule has 1 heterocycles. The van der Waals surface area contributed by atoms with Gasteiger partial charge in [-0.05, 0) is 50.1 Å². The fraction of sp³-hybridized carbons (Fsp3) is 0.273. The van der Waals surface area contributed by atoms with Gasteiger partial charge >= 0.3 is 0 Å². The van der Waals surface area contributed by atoms with Crippen LogP contribution in [0.3, 0.4) is 0 Å². The normalized spacial score (nSPS) is 10.9. The molecular weight excluding hydrogens is 148 g/mol. The van der Waals surface area contributed by atoms with Crippen molar-refractivity contribution in [2.45, 2.75) is 20.8 Å². The molecule has 0 bridgehead atoms. The second kappa shape index (κ2) is 2.37. The standard InChI is InChI=1S/C11H12O/c1-7-4-10-6-9(3)12-11(10)5-8(7)2/h4-6H,1-3H3. The van der Waals surface area contributed by atoms with Crippen LogP contribution in [0.15, 0.2) is 22.6 Å². The smallest absolute Gasteiger partial charge is 0.134 e. The van der Waals surface area contributed by atoms with Crippen molar-refractivity contribution in [2.24, 2.45) is 0 Å². The zero-order valence-corrected chi connectivity index (χ0v) is 7.64. The molecule has 0 atom stereocenters. The highest BCUT2D eigenvalue weighted by Crippen LogP contribution is 2.22. The zero-order valence-electron chi connectivity index (χ0n) is 7.64. The van der Waals surface area contributed by atoms with E-state index in [2.05, 4.69) is 32.0 Å². The van der Waals surface area contributed by atoms with E-state index in [-0.39, 0.29) is 0 Å². The van der Waals surface area contributed by atoms with Crippen molar-refractivity contribution in [1.82, 2.24) is 0 Å². The van der Waals surface area contributed by atoms with Crippen molar-refractivity contribution >= 4 is 11.0 Å². The number of aryl methyl sites for hydroxylation is 3. The molecule has 2 aromatic rings. The second-order valence-corrected chi connectivity index (χ2v) is 3.33. The molecule has 12 heavy (non-hydrogen) atoms. The van der Waals surface area contributed by atoms with E-state index >= 15 is 0 Å². The number of furan rings is 1. The molecule has 0 fully saturated rings. The first-order chi connectivity index (χ1) is 5.66. The van der Waals surface area contributed by atoms with Crippen LogP contribution in [0, 0.1) is 20.8 Å². The van der Waals surface area contributed by atoms with Crippen molar-refractivity contribution < 1.29 is 4.42 Å². The second-order valence-electron chi connectivity index (χ2n) is 3.33. The van der Waals surface area contributed by atoms with Gasteiger partial charge in [-0.25, -0.2) is 0 Å². The summed E-state index contributed by atoms with van der Waals surface area (Å²) in [7, 11) is 0. The number of fused-ring (bicyclic) bond motifs is 1. The fourth-order valence-electron chi connectivity index (χ4n) is 1.44. The summed E-state index contributed by atoms with van der Waals surface area (Å²) >= 11 is 0. The van der Waals surface area contributed by atoms with Crippen LogP contribution in [-0.2, 0) is 0 Å². The van der Waals surface area contributed by atoms with Gasteiger partial charge < -0.3 is 4.42 Å². The minimum absolute atomic E-state index is 0.981. The van der Waals surface area contributed by atoms with Crippen LogP contribution in [0.5, 0.6) is 0 Å². The summed E-state index contributed by atoms with van der Waals surface area (Å²) in [5, 5.41) is 1.20. The molecule has 0 N–H and O–H groups in total. The molecule has 1 aromatic carbocycles. The lowest BCUT2D eigenvalue weighted by atomic mass is 10.1. The summed E-state index contributed by atoms with van der Waals surface area (Å²) in [6, 6.07) is 6.33. The van der Waals surface area contributed by atoms with Gasteiger partial charge in [0.05, 0.1) is 0 Å². The van der Waals surface area contributed by atoms with Crippen LogP contribution in [0.2, 0.25) is 0 Å². The predicted octanol–water partition coefficient (Wildman–Crippen LogP) is 3.36. The third-order valence-corrected chi connectivity index (χ3v) is 2.26. The van der Waals surface area contributed by atoms with Crippen LogP contribution < -0.4 is 0 Å². The maximum atomic E-state index is 5.50. The Morgan fingerprint density at radius 1 is 0.917 bits per heavy atom. The van der Waals surface area contributed by atoms with Crippen LogP contribution >= 0.6 is 0 Å². The summed E-state index contributed by atoms with van der Waals surface area (Å²) in [5.41, 5.74) is 3.61. The van der Waals surface area contributed by atoms with Crippen molar-refractivity contribution in [2.75, 3.05) is 0 Å². The van der Waals surface area contributed by atoms with E-state index in [4.69, 9.17) is 4.42 Å². The van der Waals surface area contributed by atoms with Gasteiger partial charge in [0.15, 0.2) is 0 Å². The Bertz CT molecular complexity index is 385. The van der Waals surface area contributed by atoms with Gasteiger partial charge in [-0.2, -0.15) is 0 Å². The Labute approximate surface area is 72.0 Å². The minimum atomic E-state index is 0.981. The Morgan fingerprint density at radius 2 is 1.58 bits per heavy atom. The average molecular weight is 160 g/mol. The minimum Gasteiger partial charge on any atom is -0.461 e. The van der Waals surface area contributed by atoms with Gasteiger partial charge in [-0.3, -0.25) is 0 Å². The molecule has 0 unspecified atom stereocenters. The van der Waals surface area contributed by atoms with Crippen LogP contribution in [0.4, 0.5) is 0 Å². The average Bonchev–Trinajstić information content (AvgIpc) is 2.30. The van der Waals surface area contributed by atoms with E-state index in [1.165, 1.54) is 16.5 Å². The Morgan fingerprint density at radius 3 is 2.33 bits per heavy atom. The molecule has 0 aliphatic carbocycles. The monoisotopic (exact) mass is 160 g/mol. The summed E-state index contributed by atoms with van der Waals surface area (Å²) in [4.78, 5) is 0. The molecule has 1 aromatic heterocycles. The van der Waals surface area contributed by atoms with Gasteiger partial charge in [0, 0.05) is 5.39 Å². The first-order valence-electron chi connectivity index (χ1n) is 4.14. The van der Waals surface area contributed by atoms with Gasteiger partial charge in [-0.15, -0.1) is 0 Å². The van der Waals surface area contributed by atoms with Gasteiger partial charge in [-0.1, -0.05) is 0 Å². The zero-order chi connectivity index (χ0) is 8.72. The number of benzene rings is 1. The third kappa shape index (κ3) is 1.02. The molecule has 1 nitrogen and oxygen atoms in total. The number of hydrogen-bond acceptors (Lipinski definition) is 1. The highest BCUT2D eigenvalue weighted by atomic mass is 16.3. The number of rotatable bonds is 0. The van der Waals surface area contributed by atoms with Crippen molar-refractivity contribution in [1.29, 1.82) is 0 Å². The molecule has 62 valence electrons. The lowest BCUT2D eigenvalue weighted by Gasteiger charge is -1.97. The summed E-state index contributed by atoms with van der Waals surface area (Å²) < 4.78 is 5.50. The Hall–Kier alpha value is -1.24. The van der Waals surface area contributed by atoms with E-state index in [0.717, 1.165) is 11.3 Å². The van der Waals surface area contributed by atoms with Crippen molar-refractivity contribution in [3.63, 3.8) is 0 Å². The number of hydrogen-bond donors (Lipinski definition) is 0. The van der Waals surface area contributed by atoms with Crippen molar-refractivity contribution in [3.05, 3.63) is 35.1 Å². The first kappa shape index (κ1) is 7.41. The molecule has 1 heteroatoms. The van der Waals surface area contributed by atoms with Gasteiger partial charge in [0.25, 0.3) is 0 Å². The highest BCUT2D eigenvalue weighted by molar-refractivity contribution is 5.79. The van der Waals surface area contributed by atoms with E-state index in [9.17, 15) is 0 Å². The van der Waals surface area contributed by atoms with E-state index in [1.54, 1.807) is 0 Å². The molecule has 0 spiro atoms. The van der Waals surface area contributed by atoms with Gasteiger partial charge in [0.1, 0.15) is 11.3 Å². The molecule has 0 aliphatic heterocycles. The van der Waals surface area contributed by atoms with Crippen molar-refractivity contribution in [3.8, 4) is 0 Å². The van der Waals surface area contributed by atoms with Crippen LogP contribution in [-0.4, -0.2) is 0 Å². The third-order valence-electron chi connectivity index (χ3n) is 2.26. The largest absolute Gasteiger partial charge is 0.461 e. The SMILES string of the molecule is Cc1cc2cc(C)c(C)cc2o1. The molecule has 2 rings (SSSR count). The lowest BCUT2D eigenvalue weighted by Crippen LogP contribution is -1.77. The van der Waals surface area contributed by atoms with E-state index < -0.39 is 0 Å². The molecule has 0 aliphatic rings. The lowest BCUT2D eigenvalue weighted by molar-refractivity contribution is 0.578. The topological polar surface area (TPSA) is 13.1 Å². The van der Waals surface area contributed by atoms with E-state index in [0.29, 0.717) is 0 Å². The van der Waals surface area contributed by atoms with Crippen LogP contribution in [0.25, 0.3) is 11.0 Å². The van der Waals surface area contributed by atoms with E-state index in [1.807, 2.05) is 6.92 Å². The predicted molar refractivity (Wildman–Crippen MR) is 50.4 cm³/mol. The van der Waals surface area contributed by atoms with Crippen LogP contribution in [0.1, 0.15) is 16.9 Å². The molecular formula is C11H12O. The molecule has 0 radical (unpaired) electrons. The highest BCUT2D eigenvalue weighted by Gasteiger charge is 2.01. The summed E-state index contributed by atoms with van der Waals surface area (Å²) in [6.45, 7) is 6.20. The first-order valence-corrected chi connectivity index (χ1v) is 4.14. The summed E-state index contributed by atoms with van der Waals surface area (Å²) in [5.74, 6) is 0.981. The maximum Gasteiger partial charge on any atom is 0.134 e. The molecule has 0 saturated heterocycles. The Balaban J connectivity index is 2.83. The maximum absolute atomic E-state index is 5.50. The summed E-state index contributed by atoms with van der Waals surface area (Å²) in [6.07, 6.45) is 0. The molecule has 0 saturated carbocycles. The van der Waals surface area contributed by atoms with Gasteiger partial charge in [0.2, 0.25) is 0 Å². The quantitative estimate of drug-likeness (QED) is 0.576.